The van der Waals surface area contributed by atoms with Crippen molar-refractivity contribution in [1.29, 1.82) is 0 Å². The van der Waals surface area contributed by atoms with Crippen molar-refractivity contribution in [2.24, 2.45) is 5.92 Å². The lowest BCUT2D eigenvalue weighted by molar-refractivity contribution is 0.0303. The Labute approximate surface area is 190 Å². The van der Waals surface area contributed by atoms with Gasteiger partial charge in [-0.3, -0.25) is 9.59 Å². The average molecular weight is 437 g/mol. The smallest absolute Gasteiger partial charge is 0.254 e. The second kappa shape index (κ2) is 10.2. The first-order valence-electron chi connectivity index (χ1n) is 11.5. The Bertz CT molecular complexity index is 951. The summed E-state index contributed by atoms with van der Waals surface area (Å²) >= 11 is 0. The molecule has 4 rings (SSSR count). The predicted octanol–water partition coefficient (Wildman–Crippen LogP) is 3.71. The van der Waals surface area contributed by atoms with Crippen molar-refractivity contribution in [2.75, 3.05) is 46.0 Å². The average Bonchev–Trinajstić information content (AvgIpc) is 2.84. The van der Waals surface area contributed by atoms with Crippen LogP contribution >= 0.6 is 0 Å². The third-order valence-electron chi connectivity index (χ3n) is 6.31. The van der Waals surface area contributed by atoms with Gasteiger partial charge in [0, 0.05) is 43.2 Å². The molecule has 2 fully saturated rings. The van der Waals surface area contributed by atoms with Crippen LogP contribution in [0.3, 0.4) is 0 Å². The molecule has 0 radical (unpaired) electrons. The Hall–Kier alpha value is -2.86. The number of ether oxygens (including phenoxy) is 2. The molecule has 0 saturated carbocycles. The van der Waals surface area contributed by atoms with Gasteiger partial charge in [-0.2, -0.15) is 0 Å². The van der Waals surface area contributed by atoms with Gasteiger partial charge in [0.25, 0.3) is 11.8 Å². The molecule has 0 aliphatic carbocycles. The van der Waals surface area contributed by atoms with E-state index in [2.05, 4.69) is 0 Å². The maximum absolute atomic E-state index is 13.1. The number of amides is 2. The third-order valence-corrected chi connectivity index (χ3v) is 6.31. The summed E-state index contributed by atoms with van der Waals surface area (Å²) < 4.78 is 11.3. The number of hydrogen-bond acceptors (Lipinski definition) is 4. The number of carbonyl (C=O) groups excluding carboxylic acids is 2. The molecule has 0 N–H and O–H groups in total. The zero-order valence-corrected chi connectivity index (χ0v) is 19.0. The topological polar surface area (TPSA) is 59.1 Å². The van der Waals surface area contributed by atoms with Crippen LogP contribution in [0.25, 0.3) is 0 Å². The van der Waals surface area contributed by atoms with Crippen molar-refractivity contribution in [3.05, 3.63) is 64.7 Å². The number of rotatable bonds is 5. The molecule has 2 aromatic carbocycles. The van der Waals surface area contributed by atoms with Gasteiger partial charge in [-0.1, -0.05) is 17.7 Å². The minimum absolute atomic E-state index is 0.0349. The Morgan fingerprint density at radius 1 is 0.969 bits per heavy atom. The molecular formula is C26H32N2O4. The van der Waals surface area contributed by atoms with Crippen molar-refractivity contribution >= 4 is 11.8 Å². The molecule has 0 unspecified atom stereocenters. The van der Waals surface area contributed by atoms with Gasteiger partial charge in [0.05, 0.1) is 19.8 Å². The highest BCUT2D eigenvalue weighted by molar-refractivity contribution is 5.96. The molecule has 6 heteroatoms. The third kappa shape index (κ3) is 5.30. The molecule has 0 aromatic heterocycles. The normalized spacial score (nSPS) is 19.0. The van der Waals surface area contributed by atoms with Gasteiger partial charge >= 0.3 is 0 Å². The van der Waals surface area contributed by atoms with Crippen LogP contribution in [0.4, 0.5) is 0 Å². The van der Waals surface area contributed by atoms with Gasteiger partial charge in [-0.25, -0.2) is 0 Å². The van der Waals surface area contributed by atoms with Gasteiger partial charge < -0.3 is 19.3 Å². The van der Waals surface area contributed by atoms with Crippen LogP contribution in [0.2, 0.25) is 0 Å². The fraction of sp³-hybridized carbons (Fsp3) is 0.462. The summed E-state index contributed by atoms with van der Waals surface area (Å²) in [6.45, 7) is 8.53. The van der Waals surface area contributed by atoms with Crippen molar-refractivity contribution in [3.8, 4) is 5.75 Å². The lowest BCUT2D eigenvalue weighted by Crippen LogP contribution is -2.41. The number of carbonyl (C=O) groups is 2. The molecule has 1 atom stereocenters. The first kappa shape index (κ1) is 22.3. The summed E-state index contributed by atoms with van der Waals surface area (Å²) in [5.74, 6) is 1.20. The van der Waals surface area contributed by atoms with Gasteiger partial charge in [-0.05, 0) is 62.6 Å². The predicted molar refractivity (Wildman–Crippen MR) is 123 cm³/mol. The highest BCUT2D eigenvalue weighted by atomic mass is 16.5. The molecule has 0 bridgehead atoms. The Kier molecular flexibility index (Phi) is 7.10. The van der Waals surface area contributed by atoms with Gasteiger partial charge in [0.2, 0.25) is 0 Å². The van der Waals surface area contributed by atoms with Crippen LogP contribution in [0.1, 0.15) is 44.7 Å². The molecule has 2 saturated heterocycles. The number of likely N-dealkylation sites (tertiary alicyclic amines) is 1. The fourth-order valence-electron chi connectivity index (χ4n) is 4.38. The molecule has 6 nitrogen and oxygen atoms in total. The fourth-order valence-corrected chi connectivity index (χ4v) is 4.38. The van der Waals surface area contributed by atoms with Crippen LogP contribution in [-0.2, 0) is 4.74 Å². The highest BCUT2D eigenvalue weighted by Crippen LogP contribution is 2.22. The van der Waals surface area contributed by atoms with E-state index in [0.29, 0.717) is 50.9 Å². The second-order valence-corrected chi connectivity index (χ2v) is 8.82. The second-order valence-electron chi connectivity index (χ2n) is 8.82. The Morgan fingerprint density at radius 3 is 2.47 bits per heavy atom. The minimum atomic E-state index is 0.0349. The maximum atomic E-state index is 13.1. The van der Waals surface area contributed by atoms with E-state index in [1.807, 2.05) is 66.1 Å². The number of hydrogen-bond donors (Lipinski definition) is 0. The van der Waals surface area contributed by atoms with E-state index in [-0.39, 0.29) is 11.8 Å². The van der Waals surface area contributed by atoms with E-state index >= 15 is 0 Å². The quantitative estimate of drug-likeness (QED) is 0.717. The summed E-state index contributed by atoms with van der Waals surface area (Å²) in [5, 5.41) is 0. The zero-order valence-electron chi connectivity index (χ0n) is 19.0. The molecule has 2 aliphatic heterocycles. The number of benzene rings is 2. The van der Waals surface area contributed by atoms with Gasteiger partial charge in [-0.15, -0.1) is 0 Å². The number of aryl methyl sites for hydroxylation is 2. The molecule has 2 aromatic rings. The minimum Gasteiger partial charge on any atom is -0.493 e. The lowest BCUT2D eigenvalue weighted by Gasteiger charge is -2.33. The summed E-state index contributed by atoms with van der Waals surface area (Å²) in [6.07, 6.45) is 2.03. The van der Waals surface area contributed by atoms with Crippen LogP contribution in [0.5, 0.6) is 5.75 Å². The van der Waals surface area contributed by atoms with Crippen molar-refractivity contribution in [2.45, 2.75) is 26.7 Å². The van der Waals surface area contributed by atoms with Gasteiger partial charge in [0.1, 0.15) is 5.75 Å². The Morgan fingerprint density at radius 2 is 1.72 bits per heavy atom. The number of morpholine rings is 1. The monoisotopic (exact) mass is 436 g/mol. The van der Waals surface area contributed by atoms with Crippen LogP contribution in [0.15, 0.2) is 42.5 Å². The Balaban J connectivity index is 1.31. The maximum Gasteiger partial charge on any atom is 0.254 e. The van der Waals surface area contributed by atoms with E-state index in [9.17, 15) is 9.59 Å². The zero-order chi connectivity index (χ0) is 22.5. The SMILES string of the molecule is Cc1ccc(C)c(C(=O)N2CCC[C@@H](COc3ccc(C(=O)N4CCOCC4)cc3)C2)c1. The van der Waals surface area contributed by atoms with Crippen LogP contribution in [-0.4, -0.2) is 67.6 Å². The summed E-state index contributed by atoms with van der Waals surface area (Å²) in [6, 6.07) is 13.4. The largest absolute Gasteiger partial charge is 0.493 e. The van der Waals surface area contributed by atoms with E-state index < -0.39 is 0 Å². The first-order chi connectivity index (χ1) is 15.5. The van der Waals surface area contributed by atoms with Crippen molar-refractivity contribution in [1.82, 2.24) is 9.80 Å². The molecule has 170 valence electrons. The standard InChI is InChI=1S/C26H32N2O4/c1-19-5-6-20(2)24(16-19)26(30)28-11-3-4-21(17-28)18-32-23-9-7-22(8-10-23)25(29)27-12-14-31-15-13-27/h5-10,16,21H,3-4,11-15,17-18H2,1-2H3/t21-/m1/s1. The molecule has 2 aliphatic rings. The summed E-state index contributed by atoms with van der Waals surface area (Å²) in [7, 11) is 0. The van der Waals surface area contributed by atoms with E-state index in [4.69, 9.17) is 9.47 Å². The van der Waals surface area contributed by atoms with E-state index in [1.165, 1.54) is 0 Å². The lowest BCUT2D eigenvalue weighted by atomic mass is 9.97. The van der Waals surface area contributed by atoms with Gasteiger partial charge in [0.15, 0.2) is 0 Å². The van der Waals surface area contributed by atoms with E-state index in [1.54, 1.807) is 0 Å². The molecule has 32 heavy (non-hydrogen) atoms. The molecule has 2 heterocycles. The highest BCUT2D eigenvalue weighted by Gasteiger charge is 2.26. The van der Waals surface area contributed by atoms with Crippen LogP contribution < -0.4 is 4.74 Å². The van der Waals surface area contributed by atoms with Crippen molar-refractivity contribution in [3.63, 3.8) is 0 Å². The molecule has 0 spiro atoms. The first-order valence-corrected chi connectivity index (χ1v) is 11.5. The molecular weight excluding hydrogens is 404 g/mol. The molecule has 2 amide bonds. The van der Waals surface area contributed by atoms with Crippen LogP contribution in [0, 0.1) is 19.8 Å². The summed E-state index contributed by atoms with van der Waals surface area (Å²) in [5.41, 5.74) is 3.59. The summed E-state index contributed by atoms with van der Waals surface area (Å²) in [4.78, 5) is 29.4. The van der Waals surface area contributed by atoms with E-state index in [0.717, 1.165) is 41.8 Å². The van der Waals surface area contributed by atoms with Crippen molar-refractivity contribution < 1.29 is 19.1 Å². The number of nitrogens with zero attached hydrogens (tertiary/aromatic N) is 2. The number of piperidine rings is 1.